The summed E-state index contributed by atoms with van der Waals surface area (Å²) < 4.78 is 6.21. The highest BCUT2D eigenvalue weighted by molar-refractivity contribution is 5.72. The van der Waals surface area contributed by atoms with Crippen LogP contribution >= 0.6 is 0 Å². The molecule has 0 spiro atoms. The van der Waals surface area contributed by atoms with Crippen molar-refractivity contribution in [3.05, 3.63) is 35.9 Å². The Balaban J connectivity index is 1.59. The summed E-state index contributed by atoms with van der Waals surface area (Å²) in [5, 5.41) is 3.40. The third kappa shape index (κ3) is 9.76. The maximum Gasteiger partial charge on any atom is 0.309 e. The van der Waals surface area contributed by atoms with Crippen molar-refractivity contribution in [3.63, 3.8) is 0 Å². The average Bonchev–Trinajstić information content (AvgIpc) is 2.80. The van der Waals surface area contributed by atoms with Crippen molar-refractivity contribution < 1.29 is 9.53 Å². The molecular formula is C28H47NO2. The highest BCUT2D eigenvalue weighted by atomic mass is 16.6. The molecule has 1 aromatic carbocycles. The van der Waals surface area contributed by atoms with E-state index in [0.29, 0.717) is 0 Å². The molecule has 0 aromatic heterocycles. The number of hydrogen-bond acceptors (Lipinski definition) is 3. The fourth-order valence-corrected chi connectivity index (χ4v) is 4.72. The van der Waals surface area contributed by atoms with Crippen LogP contribution in [0.4, 0.5) is 0 Å². The molecule has 1 fully saturated rings. The van der Waals surface area contributed by atoms with E-state index in [-0.39, 0.29) is 11.9 Å². The van der Waals surface area contributed by atoms with E-state index in [2.05, 4.69) is 24.4 Å². The van der Waals surface area contributed by atoms with Gasteiger partial charge in [-0.3, -0.25) is 4.79 Å². The first-order valence-electron chi connectivity index (χ1n) is 13.2. The molecule has 1 N–H and O–H groups in total. The van der Waals surface area contributed by atoms with Crippen molar-refractivity contribution in [3.8, 4) is 0 Å². The monoisotopic (exact) mass is 429 g/mol. The lowest BCUT2D eigenvalue weighted by Gasteiger charge is -2.38. The molecule has 1 aromatic rings. The van der Waals surface area contributed by atoms with Gasteiger partial charge in [0.05, 0.1) is 5.92 Å². The minimum atomic E-state index is -0.450. The number of piperidine rings is 1. The first kappa shape index (κ1) is 25.9. The van der Waals surface area contributed by atoms with E-state index in [1.165, 1.54) is 70.6 Å². The van der Waals surface area contributed by atoms with Crippen molar-refractivity contribution >= 4 is 5.97 Å². The highest BCUT2D eigenvalue weighted by Crippen LogP contribution is 2.36. The van der Waals surface area contributed by atoms with E-state index in [1.807, 2.05) is 25.1 Å². The van der Waals surface area contributed by atoms with E-state index in [1.54, 1.807) is 0 Å². The van der Waals surface area contributed by atoms with Crippen molar-refractivity contribution in [1.82, 2.24) is 5.32 Å². The molecule has 1 atom stereocenters. The van der Waals surface area contributed by atoms with Crippen LogP contribution in [0.25, 0.3) is 0 Å². The van der Waals surface area contributed by atoms with Crippen LogP contribution in [0.1, 0.15) is 116 Å². The first-order chi connectivity index (χ1) is 15.2. The summed E-state index contributed by atoms with van der Waals surface area (Å²) in [4.78, 5) is 12.9. The molecule has 1 unspecified atom stereocenters. The molecule has 0 radical (unpaired) electrons. The zero-order valence-electron chi connectivity index (χ0n) is 20.3. The van der Waals surface area contributed by atoms with Crippen molar-refractivity contribution in [2.24, 2.45) is 5.92 Å². The van der Waals surface area contributed by atoms with Gasteiger partial charge in [-0.05, 0) is 25.1 Å². The quantitative estimate of drug-likeness (QED) is 0.218. The summed E-state index contributed by atoms with van der Waals surface area (Å²) in [6.45, 7) is 6.12. The lowest BCUT2D eigenvalue weighted by atomic mass is 9.84. The topological polar surface area (TPSA) is 38.3 Å². The summed E-state index contributed by atoms with van der Waals surface area (Å²) in [6.07, 6.45) is 18.8. The number of esters is 1. The molecule has 0 saturated carbocycles. The van der Waals surface area contributed by atoms with Gasteiger partial charge in [-0.2, -0.15) is 0 Å². The van der Waals surface area contributed by atoms with Crippen LogP contribution < -0.4 is 5.32 Å². The first-order valence-corrected chi connectivity index (χ1v) is 13.2. The molecule has 1 heterocycles. The number of carbonyl (C=O) groups excluding carboxylic acids is 1. The van der Waals surface area contributed by atoms with E-state index in [9.17, 15) is 4.79 Å². The Bertz CT molecular complexity index is 580. The van der Waals surface area contributed by atoms with Crippen LogP contribution in [-0.2, 0) is 15.1 Å². The molecule has 0 bridgehead atoms. The van der Waals surface area contributed by atoms with Crippen molar-refractivity contribution in [2.75, 3.05) is 13.1 Å². The minimum Gasteiger partial charge on any atom is -0.454 e. The molecule has 1 saturated heterocycles. The van der Waals surface area contributed by atoms with E-state index < -0.39 is 5.60 Å². The Morgan fingerprint density at radius 1 is 0.871 bits per heavy atom. The van der Waals surface area contributed by atoms with Crippen LogP contribution in [0.2, 0.25) is 0 Å². The fraction of sp³-hybridized carbons (Fsp3) is 0.750. The fourth-order valence-electron chi connectivity index (χ4n) is 4.72. The predicted molar refractivity (Wildman–Crippen MR) is 131 cm³/mol. The second kappa shape index (κ2) is 15.5. The Labute approximate surface area is 191 Å². The molecule has 1 aliphatic rings. The zero-order chi connectivity index (χ0) is 22.2. The van der Waals surface area contributed by atoms with Crippen LogP contribution in [-0.4, -0.2) is 19.1 Å². The summed E-state index contributed by atoms with van der Waals surface area (Å²) in [7, 11) is 0. The van der Waals surface area contributed by atoms with Gasteiger partial charge in [0.25, 0.3) is 0 Å². The summed E-state index contributed by atoms with van der Waals surface area (Å²) in [5.41, 5.74) is 0.691. The number of benzene rings is 1. The number of unbranched alkanes of at least 4 members (excludes halogenated alkanes) is 11. The minimum absolute atomic E-state index is 0.0152. The number of rotatable bonds is 16. The summed E-state index contributed by atoms with van der Waals surface area (Å²) in [5.74, 6) is -0.0348. The van der Waals surface area contributed by atoms with Crippen LogP contribution in [0.15, 0.2) is 30.3 Å². The number of ether oxygens (including phenoxy) is 1. The smallest absolute Gasteiger partial charge is 0.309 e. The molecule has 31 heavy (non-hydrogen) atoms. The van der Waals surface area contributed by atoms with Crippen LogP contribution in [0.5, 0.6) is 0 Å². The van der Waals surface area contributed by atoms with Gasteiger partial charge in [-0.25, -0.2) is 0 Å². The maximum atomic E-state index is 12.9. The molecule has 2 rings (SSSR count). The second-order valence-corrected chi connectivity index (χ2v) is 9.61. The van der Waals surface area contributed by atoms with E-state index in [0.717, 1.165) is 44.3 Å². The van der Waals surface area contributed by atoms with E-state index in [4.69, 9.17) is 4.74 Å². The molecule has 3 nitrogen and oxygen atoms in total. The Hall–Kier alpha value is -1.35. The van der Waals surface area contributed by atoms with Gasteiger partial charge in [-0.1, -0.05) is 121 Å². The van der Waals surface area contributed by atoms with Crippen molar-refractivity contribution in [1.29, 1.82) is 0 Å². The van der Waals surface area contributed by atoms with Gasteiger partial charge in [0.15, 0.2) is 0 Å². The standard InChI is InChI=1S/C28H47NO2/c1-3-4-5-6-7-8-9-10-11-12-13-15-18-25(2)27(30)31-28(21-23-29-24-22-28)26-19-16-14-17-20-26/h14,16-17,19-20,25,29H,3-13,15,18,21-24H2,1-2H3. The predicted octanol–water partition coefficient (Wildman–Crippen LogP) is 7.54. The van der Waals surface area contributed by atoms with Gasteiger partial charge in [0, 0.05) is 12.8 Å². The number of nitrogens with one attached hydrogen (secondary N) is 1. The second-order valence-electron chi connectivity index (χ2n) is 9.61. The van der Waals surface area contributed by atoms with Gasteiger partial charge in [-0.15, -0.1) is 0 Å². The third-order valence-electron chi connectivity index (χ3n) is 6.90. The largest absolute Gasteiger partial charge is 0.454 e. The van der Waals surface area contributed by atoms with Gasteiger partial charge in [0.1, 0.15) is 5.60 Å². The molecule has 0 aliphatic carbocycles. The Morgan fingerprint density at radius 3 is 1.94 bits per heavy atom. The SMILES string of the molecule is CCCCCCCCCCCCCCC(C)C(=O)OC1(c2ccccc2)CCNCC1. The molecule has 3 heteroatoms. The molecule has 176 valence electrons. The normalized spacial score (nSPS) is 16.7. The molecular weight excluding hydrogens is 382 g/mol. The molecule has 1 aliphatic heterocycles. The maximum absolute atomic E-state index is 12.9. The van der Waals surface area contributed by atoms with Crippen LogP contribution in [0.3, 0.4) is 0 Å². The Kier molecular flexibility index (Phi) is 12.9. The van der Waals surface area contributed by atoms with E-state index >= 15 is 0 Å². The average molecular weight is 430 g/mol. The van der Waals surface area contributed by atoms with Crippen molar-refractivity contribution in [2.45, 2.75) is 116 Å². The molecule has 0 amide bonds. The zero-order valence-corrected chi connectivity index (χ0v) is 20.3. The lowest BCUT2D eigenvalue weighted by Crippen LogP contribution is -2.44. The lowest BCUT2D eigenvalue weighted by molar-refractivity contribution is -0.169. The Morgan fingerprint density at radius 2 is 1.39 bits per heavy atom. The summed E-state index contributed by atoms with van der Waals surface area (Å²) >= 11 is 0. The summed E-state index contributed by atoms with van der Waals surface area (Å²) in [6, 6.07) is 10.3. The number of carbonyl (C=O) groups is 1. The van der Waals surface area contributed by atoms with Gasteiger partial charge < -0.3 is 10.1 Å². The highest BCUT2D eigenvalue weighted by Gasteiger charge is 2.38. The number of hydrogen-bond donors (Lipinski definition) is 1. The van der Waals surface area contributed by atoms with Gasteiger partial charge >= 0.3 is 5.97 Å². The third-order valence-corrected chi connectivity index (χ3v) is 6.90. The van der Waals surface area contributed by atoms with Gasteiger partial charge in [0.2, 0.25) is 0 Å². The van der Waals surface area contributed by atoms with Crippen LogP contribution in [0, 0.1) is 5.92 Å².